The SMILES string of the molecule is COc1cc(C=NNC(=O)CC(=O)Nc2ccc(C)cc2)cc(OC)c1OC. The van der Waals surface area contributed by atoms with E-state index in [1.54, 1.807) is 24.3 Å². The van der Waals surface area contributed by atoms with Crippen LogP contribution in [0.3, 0.4) is 0 Å². The summed E-state index contributed by atoms with van der Waals surface area (Å²) >= 11 is 0. The summed E-state index contributed by atoms with van der Waals surface area (Å²) in [5.74, 6) is 0.427. The molecule has 8 nitrogen and oxygen atoms in total. The lowest BCUT2D eigenvalue weighted by Gasteiger charge is -2.12. The predicted molar refractivity (Wildman–Crippen MR) is 106 cm³/mol. The molecule has 2 N–H and O–H groups in total. The Balaban J connectivity index is 1.93. The highest BCUT2D eigenvalue weighted by Gasteiger charge is 2.13. The molecule has 0 unspecified atom stereocenters. The number of rotatable bonds is 8. The molecule has 0 spiro atoms. The van der Waals surface area contributed by atoms with Gasteiger partial charge in [0, 0.05) is 11.3 Å². The van der Waals surface area contributed by atoms with E-state index in [2.05, 4.69) is 15.8 Å². The first-order valence-corrected chi connectivity index (χ1v) is 8.45. The van der Waals surface area contributed by atoms with Crippen LogP contribution >= 0.6 is 0 Å². The number of ether oxygens (including phenoxy) is 3. The zero-order chi connectivity index (χ0) is 20.5. The van der Waals surface area contributed by atoms with Crippen molar-refractivity contribution in [2.24, 2.45) is 5.10 Å². The highest BCUT2D eigenvalue weighted by Crippen LogP contribution is 2.37. The third kappa shape index (κ3) is 5.73. The zero-order valence-electron chi connectivity index (χ0n) is 16.2. The van der Waals surface area contributed by atoms with E-state index in [9.17, 15) is 9.59 Å². The zero-order valence-corrected chi connectivity index (χ0v) is 16.2. The number of benzene rings is 2. The molecule has 2 amide bonds. The van der Waals surface area contributed by atoms with E-state index in [4.69, 9.17) is 14.2 Å². The van der Waals surface area contributed by atoms with Crippen LogP contribution in [0, 0.1) is 6.92 Å². The fraction of sp³-hybridized carbons (Fsp3) is 0.250. The molecule has 0 saturated carbocycles. The van der Waals surface area contributed by atoms with Crippen molar-refractivity contribution >= 4 is 23.7 Å². The van der Waals surface area contributed by atoms with Gasteiger partial charge in [-0.05, 0) is 31.2 Å². The first-order valence-electron chi connectivity index (χ1n) is 8.45. The van der Waals surface area contributed by atoms with Gasteiger partial charge in [0.05, 0.1) is 27.5 Å². The standard InChI is InChI=1S/C20H23N3O5/c1-13-5-7-15(8-6-13)22-18(24)11-19(25)23-21-12-14-9-16(26-2)20(28-4)17(10-14)27-3/h5-10,12H,11H2,1-4H3,(H,22,24)(H,23,25). The fourth-order valence-corrected chi connectivity index (χ4v) is 2.38. The summed E-state index contributed by atoms with van der Waals surface area (Å²) in [6.07, 6.45) is 1.07. The maximum atomic E-state index is 11.9. The van der Waals surface area contributed by atoms with E-state index < -0.39 is 11.8 Å². The lowest BCUT2D eigenvalue weighted by atomic mass is 10.2. The summed E-state index contributed by atoms with van der Waals surface area (Å²) in [7, 11) is 4.52. The van der Waals surface area contributed by atoms with Crippen molar-refractivity contribution in [3.63, 3.8) is 0 Å². The van der Waals surface area contributed by atoms with Crippen LogP contribution in [0.2, 0.25) is 0 Å². The van der Waals surface area contributed by atoms with Gasteiger partial charge in [0.25, 0.3) is 0 Å². The first-order chi connectivity index (χ1) is 13.5. The van der Waals surface area contributed by atoms with Crippen molar-refractivity contribution in [2.45, 2.75) is 13.3 Å². The predicted octanol–water partition coefficient (Wildman–Crippen LogP) is 2.50. The second-order valence-corrected chi connectivity index (χ2v) is 5.84. The molecular weight excluding hydrogens is 362 g/mol. The summed E-state index contributed by atoms with van der Waals surface area (Å²) in [4.78, 5) is 23.8. The van der Waals surface area contributed by atoms with Gasteiger partial charge in [0.2, 0.25) is 17.6 Å². The summed E-state index contributed by atoms with van der Waals surface area (Å²) < 4.78 is 15.8. The molecule has 2 rings (SSSR count). The molecule has 0 bridgehead atoms. The average Bonchev–Trinajstić information content (AvgIpc) is 2.68. The summed E-state index contributed by atoms with van der Waals surface area (Å²) in [6, 6.07) is 10.7. The van der Waals surface area contributed by atoms with Crippen LogP contribution in [0.25, 0.3) is 0 Å². The van der Waals surface area contributed by atoms with Gasteiger partial charge < -0.3 is 19.5 Å². The van der Waals surface area contributed by atoms with E-state index in [0.717, 1.165) is 5.56 Å². The highest BCUT2D eigenvalue weighted by atomic mass is 16.5. The highest BCUT2D eigenvalue weighted by molar-refractivity contribution is 6.03. The number of nitrogens with one attached hydrogen (secondary N) is 2. The molecular formula is C20H23N3O5. The van der Waals surface area contributed by atoms with Crippen LogP contribution in [-0.2, 0) is 9.59 Å². The minimum atomic E-state index is -0.534. The van der Waals surface area contributed by atoms with Crippen LogP contribution in [0.1, 0.15) is 17.5 Å². The van der Waals surface area contributed by atoms with Gasteiger partial charge in [0.15, 0.2) is 11.5 Å². The average molecular weight is 385 g/mol. The van der Waals surface area contributed by atoms with Crippen LogP contribution < -0.4 is 25.0 Å². The second kappa shape index (κ2) is 9.96. The number of carbonyl (C=O) groups excluding carboxylic acids is 2. The number of carbonyl (C=O) groups is 2. The van der Waals surface area contributed by atoms with Crippen molar-refractivity contribution in [1.29, 1.82) is 0 Å². The summed E-state index contributed by atoms with van der Waals surface area (Å²) in [5.41, 5.74) is 4.65. The molecule has 148 valence electrons. The van der Waals surface area contributed by atoms with Gasteiger partial charge in [-0.25, -0.2) is 5.43 Å². The Labute approximate surface area is 163 Å². The molecule has 2 aromatic carbocycles. The van der Waals surface area contributed by atoms with Gasteiger partial charge in [-0.15, -0.1) is 0 Å². The Morgan fingerprint density at radius 3 is 2.11 bits per heavy atom. The normalized spacial score (nSPS) is 10.4. The number of hydrogen-bond acceptors (Lipinski definition) is 6. The van der Waals surface area contributed by atoms with Crippen molar-refractivity contribution in [3.05, 3.63) is 47.5 Å². The number of hydrogen-bond donors (Lipinski definition) is 2. The Morgan fingerprint density at radius 1 is 0.964 bits per heavy atom. The number of nitrogens with zero attached hydrogens (tertiary/aromatic N) is 1. The molecule has 0 atom stereocenters. The van der Waals surface area contributed by atoms with E-state index in [1.165, 1.54) is 27.5 Å². The number of amides is 2. The monoisotopic (exact) mass is 385 g/mol. The van der Waals surface area contributed by atoms with Crippen LogP contribution in [0.15, 0.2) is 41.5 Å². The number of anilines is 1. The van der Waals surface area contributed by atoms with E-state index in [-0.39, 0.29) is 6.42 Å². The lowest BCUT2D eigenvalue weighted by Crippen LogP contribution is -2.24. The minimum absolute atomic E-state index is 0.347. The van der Waals surface area contributed by atoms with Crippen molar-refractivity contribution in [2.75, 3.05) is 26.6 Å². The molecule has 0 aliphatic carbocycles. The van der Waals surface area contributed by atoms with Gasteiger partial charge in [-0.2, -0.15) is 5.10 Å². The Kier molecular flexibility index (Phi) is 7.38. The van der Waals surface area contributed by atoms with Crippen LogP contribution in [0.4, 0.5) is 5.69 Å². The molecule has 0 aliphatic heterocycles. The van der Waals surface area contributed by atoms with E-state index in [0.29, 0.717) is 28.5 Å². The maximum absolute atomic E-state index is 11.9. The number of hydrazone groups is 1. The fourth-order valence-electron chi connectivity index (χ4n) is 2.38. The van der Waals surface area contributed by atoms with Gasteiger partial charge >= 0.3 is 0 Å². The molecule has 2 aromatic rings. The minimum Gasteiger partial charge on any atom is -0.493 e. The largest absolute Gasteiger partial charge is 0.493 e. The third-order valence-corrected chi connectivity index (χ3v) is 3.75. The first kappa shape index (κ1) is 20.8. The molecule has 0 fully saturated rings. The van der Waals surface area contributed by atoms with Crippen LogP contribution in [0.5, 0.6) is 17.2 Å². The Morgan fingerprint density at radius 2 is 1.57 bits per heavy atom. The maximum Gasteiger partial charge on any atom is 0.249 e. The summed E-state index contributed by atoms with van der Waals surface area (Å²) in [6.45, 7) is 1.95. The topological polar surface area (TPSA) is 98.2 Å². The van der Waals surface area contributed by atoms with E-state index in [1.807, 2.05) is 19.1 Å². The Bertz CT molecular complexity index is 838. The van der Waals surface area contributed by atoms with Crippen molar-refractivity contribution in [1.82, 2.24) is 5.43 Å². The number of aryl methyl sites for hydroxylation is 1. The molecule has 28 heavy (non-hydrogen) atoms. The van der Waals surface area contributed by atoms with Crippen LogP contribution in [-0.4, -0.2) is 39.4 Å². The number of methoxy groups -OCH3 is 3. The molecule has 0 saturated heterocycles. The second-order valence-electron chi connectivity index (χ2n) is 5.84. The molecule has 0 aromatic heterocycles. The Hall–Kier alpha value is -3.55. The van der Waals surface area contributed by atoms with Gasteiger partial charge in [-0.1, -0.05) is 17.7 Å². The quantitative estimate of drug-likeness (QED) is 0.413. The molecule has 0 aliphatic rings. The van der Waals surface area contributed by atoms with E-state index >= 15 is 0 Å². The lowest BCUT2D eigenvalue weighted by molar-refractivity contribution is -0.126. The molecule has 0 heterocycles. The third-order valence-electron chi connectivity index (χ3n) is 3.75. The molecule has 0 radical (unpaired) electrons. The van der Waals surface area contributed by atoms with Gasteiger partial charge in [0.1, 0.15) is 6.42 Å². The van der Waals surface area contributed by atoms with Crippen molar-refractivity contribution < 1.29 is 23.8 Å². The van der Waals surface area contributed by atoms with Gasteiger partial charge in [-0.3, -0.25) is 9.59 Å². The summed E-state index contributed by atoms with van der Waals surface area (Å²) in [5, 5.41) is 6.52. The molecule has 8 heteroatoms. The smallest absolute Gasteiger partial charge is 0.249 e. The van der Waals surface area contributed by atoms with Crippen molar-refractivity contribution in [3.8, 4) is 17.2 Å².